The van der Waals surface area contributed by atoms with Gasteiger partial charge in [-0.3, -0.25) is 9.78 Å². The highest BCUT2D eigenvalue weighted by Crippen LogP contribution is 2.24. The highest BCUT2D eigenvalue weighted by atomic mass is 16.6. The summed E-state index contributed by atoms with van der Waals surface area (Å²) in [7, 11) is 0. The summed E-state index contributed by atoms with van der Waals surface area (Å²) >= 11 is 0. The zero-order valence-corrected chi connectivity index (χ0v) is 19.7. The molecule has 0 unspecified atom stereocenters. The molecule has 8 nitrogen and oxygen atoms in total. The summed E-state index contributed by atoms with van der Waals surface area (Å²) in [6.07, 6.45) is 8.39. The Morgan fingerprint density at radius 1 is 0.971 bits per heavy atom. The minimum absolute atomic E-state index is 0.103. The minimum Gasteiger partial charge on any atom is -0.444 e. The normalized spacial score (nSPS) is 14.4. The largest absolute Gasteiger partial charge is 0.444 e. The first kappa shape index (κ1) is 23.2. The molecule has 0 spiro atoms. The van der Waals surface area contributed by atoms with Crippen molar-refractivity contribution < 1.29 is 14.3 Å². The summed E-state index contributed by atoms with van der Waals surface area (Å²) in [5, 5.41) is 4.74. The second-order valence-corrected chi connectivity index (χ2v) is 9.08. The minimum atomic E-state index is -0.539. The van der Waals surface area contributed by atoms with E-state index < -0.39 is 5.60 Å². The van der Waals surface area contributed by atoms with Gasteiger partial charge in [-0.2, -0.15) is 5.10 Å². The van der Waals surface area contributed by atoms with Crippen molar-refractivity contribution in [3.63, 3.8) is 0 Å². The number of hydrogen-bond acceptors (Lipinski definition) is 5. The van der Waals surface area contributed by atoms with Crippen molar-refractivity contribution in [3.05, 3.63) is 72.7 Å². The van der Waals surface area contributed by atoms with Gasteiger partial charge in [0.25, 0.3) is 0 Å². The highest BCUT2D eigenvalue weighted by Gasteiger charge is 2.27. The molecule has 0 radical (unpaired) electrons. The first-order chi connectivity index (χ1) is 16.3. The third-order valence-electron chi connectivity index (χ3n) is 5.35. The lowest BCUT2D eigenvalue weighted by atomic mass is 10.1. The number of amides is 2. The van der Waals surface area contributed by atoms with Gasteiger partial charge in [0.2, 0.25) is 5.91 Å². The van der Waals surface area contributed by atoms with Gasteiger partial charge in [-0.1, -0.05) is 18.2 Å². The topological polar surface area (TPSA) is 80.6 Å². The van der Waals surface area contributed by atoms with Gasteiger partial charge in [0.15, 0.2) is 0 Å². The molecule has 0 bridgehead atoms. The SMILES string of the molecule is CC(C)(C)OC(=O)N1CCN(C(=O)/C=C/c2cn(-c3ccccc3)nc2-c2cccnc2)CC1. The zero-order chi connectivity index (χ0) is 24.1. The molecule has 0 saturated carbocycles. The van der Waals surface area contributed by atoms with E-state index in [0.29, 0.717) is 26.2 Å². The maximum atomic E-state index is 12.9. The van der Waals surface area contributed by atoms with Crippen LogP contribution in [0.15, 0.2) is 67.1 Å². The maximum Gasteiger partial charge on any atom is 0.410 e. The predicted molar refractivity (Wildman–Crippen MR) is 130 cm³/mol. The number of para-hydroxylation sites is 1. The van der Waals surface area contributed by atoms with E-state index in [0.717, 1.165) is 22.5 Å². The summed E-state index contributed by atoms with van der Waals surface area (Å²) in [6.45, 7) is 7.34. The van der Waals surface area contributed by atoms with Crippen LogP contribution in [0, 0.1) is 0 Å². The number of carbonyl (C=O) groups is 2. The molecule has 8 heteroatoms. The van der Waals surface area contributed by atoms with Gasteiger partial charge in [-0.15, -0.1) is 0 Å². The Morgan fingerprint density at radius 3 is 2.32 bits per heavy atom. The van der Waals surface area contributed by atoms with Crippen LogP contribution < -0.4 is 0 Å². The van der Waals surface area contributed by atoms with E-state index in [1.54, 1.807) is 39.0 Å². The average molecular weight is 460 g/mol. The van der Waals surface area contributed by atoms with Crippen LogP contribution in [0.1, 0.15) is 26.3 Å². The van der Waals surface area contributed by atoms with Crippen LogP contribution in [0.5, 0.6) is 0 Å². The molecule has 1 aromatic carbocycles. The van der Waals surface area contributed by atoms with E-state index in [4.69, 9.17) is 9.84 Å². The fraction of sp³-hybridized carbons (Fsp3) is 0.308. The number of piperazine rings is 1. The van der Waals surface area contributed by atoms with Crippen LogP contribution in [0.3, 0.4) is 0 Å². The monoisotopic (exact) mass is 459 g/mol. The molecule has 3 aromatic rings. The molecule has 1 aliphatic rings. The number of ether oxygens (including phenoxy) is 1. The molecule has 0 N–H and O–H groups in total. The number of benzene rings is 1. The van der Waals surface area contributed by atoms with Gasteiger partial charge in [-0.25, -0.2) is 9.48 Å². The number of hydrogen-bond donors (Lipinski definition) is 0. The Kier molecular flexibility index (Phi) is 6.77. The van der Waals surface area contributed by atoms with E-state index >= 15 is 0 Å². The molecular formula is C26H29N5O3. The molecule has 34 heavy (non-hydrogen) atoms. The second-order valence-electron chi connectivity index (χ2n) is 9.08. The quantitative estimate of drug-likeness (QED) is 0.551. The first-order valence-electron chi connectivity index (χ1n) is 11.3. The highest BCUT2D eigenvalue weighted by molar-refractivity contribution is 5.93. The average Bonchev–Trinajstić information content (AvgIpc) is 3.27. The van der Waals surface area contributed by atoms with Gasteiger partial charge >= 0.3 is 6.09 Å². The predicted octanol–water partition coefficient (Wildman–Crippen LogP) is 4.03. The van der Waals surface area contributed by atoms with E-state index in [1.807, 2.05) is 69.4 Å². The van der Waals surface area contributed by atoms with E-state index in [1.165, 1.54) is 0 Å². The van der Waals surface area contributed by atoms with Crippen LogP contribution in [0.2, 0.25) is 0 Å². The van der Waals surface area contributed by atoms with Gasteiger partial charge in [0.05, 0.1) is 5.69 Å². The summed E-state index contributed by atoms with van der Waals surface area (Å²) in [6, 6.07) is 13.6. The Morgan fingerprint density at radius 2 is 1.68 bits per heavy atom. The third-order valence-corrected chi connectivity index (χ3v) is 5.35. The standard InChI is InChI=1S/C26H29N5O3/c1-26(2,3)34-25(33)30-16-14-29(15-17-30)23(32)12-11-21-19-31(22-9-5-4-6-10-22)28-24(21)20-8-7-13-27-18-20/h4-13,18-19H,14-17H2,1-3H3/b12-11+. The summed E-state index contributed by atoms with van der Waals surface area (Å²) in [4.78, 5) is 32.7. The van der Waals surface area contributed by atoms with Crippen molar-refractivity contribution in [3.8, 4) is 16.9 Å². The van der Waals surface area contributed by atoms with Gasteiger partial charge in [0.1, 0.15) is 11.3 Å². The van der Waals surface area contributed by atoms with Crippen LogP contribution in [-0.4, -0.2) is 68.3 Å². The van der Waals surface area contributed by atoms with E-state index in [9.17, 15) is 9.59 Å². The molecule has 3 heterocycles. The molecule has 176 valence electrons. The van der Waals surface area contributed by atoms with Crippen molar-refractivity contribution in [2.24, 2.45) is 0 Å². The van der Waals surface area contributed by atoms with E-state index in [2.05, 4.69) is 4.98 Å². The number of aromatic nitrogens is 3. The van der Waals surface area contributed by atoms with Crippen LogP contribution >= 0.6 is 0 Å². The van der Waals surface area contributed by atoms with Gasteiger partial charge in [0, 0.05) is 62.0 Å². The molecule has 1 fully saturated rings. The number of nitrogens with zero attached hydrogens (tertiary/aromatic N) is 5. The number of pyridine rings is 1. The Balaban J connectivity index is 1.47. The Labute approximate surface area is 199 Å². The number of rotatable bonds is 4. The van der Waals surface area contributed by atoms with E-state index in [-0.39, 0.29) is 12.0 Å². The fourth-order valence-electron chi connectivity index (χ4n) is 3.65. The van der Waals surface area contributed by atoms with Crippen molar-refractivity contribution in [2.45, 2.75) is 26.4 Å². The Hall–Kier alpha value is -3.94. The lowest BCUT2D eigenvalue weighted by Gasteiger charge is -2.35. The molecule has 1 saturated heterocycles. The maximum absolute atomic E-state index is 12.9. The third kappa shape index (κ3) is 5.70. The summed E-state index contributed by atoms with van der Waals surface area (Å²) in [5.41, 5.74) is 2.82. The molecular weight excluding hydrogens is 430 g/mol. The Bertz CT molecular complexity index is 1160. The second kappa shape index (κ2) is 9.91. The van der Waals surface area contributed by atoms with Crippen LogP contribution in [-0.2, 0) is 9.53 Å². The van der Waals surface area contributed by atoms with Crippen molar-refractivity contribution in [1.82, 2.24) is 24.6 Å². The smallest absolute Gasteiger partial charge is 0.410 e. The first-order valence-corrected chi connectivity index (χ1v) is 11.3. The van der Waals surface area contributed by atoms with Crippen LogP contribution in [0.4, 0.5) is 4.79 Å². The molecule has 4 rings (SSSR count). The lowest BCUT2D eigenvalue weighted by molar-refractivity contribution is -0.127. The van der Waals surface area contributed by atoms with Crippen molar-refractivity contribution in [2.75, 3.05) is 26.2 Å². The number of carbonyl (C=O) groups excluding carboxylic acids is 2. The molecule has 1 aliphatic heterocycles. The zero-order valence-electron chi connectivity index (χ0n) is 19.7. The molecule has 0 atom stereocenters. The van der Waals surface area contributed by atoms with Gasteiger partial charge in [-0.05, 0) is 51.1 Å². The van der Waals surface area contributed by atoms with Crippen LogP contribution in [0.25, 0.3) is 23.0 Å². The molecule has 0 aliphatic carbocycles. The van der Waals surface area contributed by atoms with Crippen molar-refractivity contribution in [1.29, 1.82) is 0 Å². The van der Waals surface area contributed by atoms with Gasteiger partial charge < -0.3 is 14.5 Å². The lowest BCUT2D eigenvalue weighted by Crippen LogP contribution is -2.51. The molecule has 2 aromatic heterocycles. The fourth-order valence-corrected chi connectivity index (χ4v) is 3.65. The summed E-state index contributed by atoms with van der Waals surface area (Å²) < 4.78 is 7.23. The van der Waals surface area contributed by atoms with Crippen molar-refractivity contribution >= 4 is 18.1 Å². The molecule has 2 amide bonds. The summed E-state index contributed by atoms with van der Waals surface area (Å²) in [5.74, 6) is -0.103.